The molecule has 0 radical (unpaired) electrons. The van der Waals surface area contributed by atoms with E-state index >= 15 is 0 Å². The molecule has 2 aliphatic rings. The molecule has 2 saturated heterocycles. The van der Waals surface area contributed by atoms with Gasteiger partial charge in [0.05, 0.1) is 19.3 Å². The summed E-state index contributed by atoms with van der Waals surface area (Å²) >= 11 is 2.01. The first-order valence-corrected chi connectivity index (χ1v) is 7.41. The van der Waals surface area contributed by atoms with Crippen LogP contribution in [0.25, 0.3) is 0 Å². The van der Waals surface area contributed by atoms with Gasteiger partial charge in [-0.3, -0.25) is 4.79 Å². The molecule has 2 rings (SSSR count). The Morgan fingerprint density at radius 3 is 3.00 bits per heavy atom. The van der Waals surface area contributed by atoms with Gasteiger partial charge in [0.1, 0.15) is 0 Å². The van der Waals surface area contributed by atoms with Crippen LogP contribution in [0.1, 0.15) is 25.7 Å². The van der Waals surface area contributed by atoms with Gasteiger partial charge >= 0.3 is 5.97 Å². The van der Waals surface area contributed by atoms with E-state index in [-0.39, 0.29) is 11.6 Å². The normalized spacial score (nSPS) is 27.9. The number of ether oxygens (including phenoxy) is 2. The number of rotatable bonds is 3. The van der Waals surface area contributed by atoms with E-state index in [1.54, 1.807) is 0 Å². The average Bonchev–Trinajstić information content (AvgIpc) is 2.37. The first kappa shape index (κ1) is 13.2. The molecule has 1 atom stereocenters. The van der Waals surface area contributed by atoms with Crippen molar-refractivity contribution in [2.75, 3.05) is 31.8 Å². The Morgan fingerprint density at radius 2 is 2.29 bits per heavy atom. The van der Waals surface area contributed by atoms with E-state index in [0.29, 0.717) is 12.6 Å². The zero-order chi connectivity index (χ0) is 12.1. The molecular weight excluding hydrogens is 238 g/mol. The van der Waals surface area contributed by atoms with Gasteiger partial charge < -0.3 is 14.8 Å². The molecule has 2 aliphatic heterocycles. The molecule has 1 N–H and O–H groups in total. The molecular formula is C12H21NO3S. The lowest BCUT2D eigenvalue weighted by atomic mass is 9.85. The lowest BCUT2D eigenvalue weighted by Crippen LogP contribution is -2.49. The fourth-order valence-electron chi connectivity index (χ4n) is 2.59. The van der Waals surface area contributed by atoms with Crippen molar-refractivity contribution in [3.63, 3.8) is 0 Å². The summed E-state index contributed by atoms with van der Waals surface area (Å²) < 4.78 is 10.6. The maximum Gasteiger partial charge on any atom is 0.319 e. The molecule has 0 aromatic rings. The van der Waals surface area contributed by atoms with Crippen molar-refractivity contribution in [2.24, 2.45) is 0 Å². The van der Waals surface area contributed by atoms with Gasteiger partial charge in [0.2, 0.25) is 0 Å². The van der Waals surface area contributed by atoms with Crippen LogP contribution in [0.3, 0.4) is 0 Å². The quantitative estimate of drug-likeness (QED) is 0.772. The molecule has 0 amide bonds. The van der Waals surface area contributed by atoms with Crippen LogP contribution >= 0.6 is 11.8 Å². The number of methoxy groups -OCH3 is 1. The topological polar surface area (TPSA) is 47.6 Å². The van der Waals surface area contributed by atoms with E-state index in [0.717, 1.165) is 32.3 Å². The van der Waals surface area contributed by atoms with Crippen LogP contribution < -0.4 is 5.32 Å². The van der Waals surface area contributed by atoms with Gasteiger partial charge in [-0.25, -0.2) is 0 Å². The third kappa shape index (κ3) is 3.60. The Balaban J connectivity index is 1.81. The molecule has 0 saturated carbocycles. The zero-order valence-corrected chi connectivity index (χ0v) is 11.2. The molecule has 2 fully saturated rings. The lowest BCUT2D eigenvalue weighted by Gasteiger charge is -2.43. The summed E-state index contributed by atoms with van der Waals surface area (Å²) in [5.74, 6) is 2.21. The van der Waals surface area contributed by atoms with E-state index in [1.165, 1.54) is 18.6 Å². The van der Waals surface area contributed by atoms with Crippen LogP contribution in [-0.2, 0) is 14.3 Å². The van der Waals surface area contributed by atoms with Crippen molar-refractivity contribution in [1.82, 2.24) is 5.32 Å². The smallest absolute Gasteiger partial charge is 0.319 e. The van der Waals surface area contributed by atoms with E-state index in [4.69, 9.17) is 4.74 Å². The number of hydrogen-bond acceptors (Lipinski definition) is 5. The Kier molecular flexibility index (Phi) is 4.70. The molecule has 0 bridgehead atoms. The van der Waals surface area contributed by atoms with Crippen LogP contribution in [0, 0.1) is 0 Å². The van der Waals surface area contributed by atoms with Crippen molar-refractivity contribution >= 4 is 17.7 Å². The van der Waals surface area contributed by atoms with Crippen LogP contribution in [0.15, 0.2) is 0 Å². The summed E-state index contributed by atoms with van der Waals surface area (Å²) in [7, 11) is 1.42. The Morgan fingerprint density at radius 1 is 1.53 bits per heavy atom. The van der Waals surface area contributed by atoms with Gasteiger partial charge in [-0.15, -0.1) is 0 Å². The van der Waals surface area contributed by atoms with Crippen LogP contribution in [0.4, 0.5) is 0 Å². The van der Waals surface area contributed by atoms with Gasteiger partial charge in [-0.2, -0.15) is 11.8 Å². The molecule has 2 heterocycles. The molecule has 17 heavy (non-hydrogen) atoms. The van der Waals surface area contributed by atoms with Gasteiger partial charge in [-0.1, -0.05) is 0 Å². The molecule has 0 aromatic heterocycles. The number of thioether (sulfide) groups is 1. The fourth-order valence-corrected chi connectivity index (χ4v) is 3.83. The third-order valence-corrected chi connectivity index (χ3v) is 4.65. The SMILES string of the molecule is COC(=O)CNC1CCOC2(CCSCC2)C1. The van der Waals surface area contributed by atoms with Gasteiger partial charge in [0.25, 0.3) is 0 Å². The number of carbonyl (C=O) groups is 1. The summed E-state index contributed by atoms with van der Waals surface area (Å²) in [6.45, 7) is 1.12. The van der Waals surface area contributed by atoms with Crippen molar-refractivity contribution in [2.45, 2.75) is 37.3 Å². The van der Waals surface area contributed by atoms with Crippen molar-refractivity contribution in [3.05, 3.63) is 0 Å². The number of carbonyl (C=O) groups excluding carboxylic acids is 1. The highest BCUT2D eigenvalue weighted by molar-refractivity contribution is 7.99. The van der Waals surface area contributed by atoms with E-state index in [9.17, 15) is 4.79 Å². The standard InChI is InChI=1S/C12H21NO3S/c1-15-11(14)9-13-10-2-5-16-12(8-10)3-6-17-7-4-12/h10,13H,2-9H2,1H3. The second-order valence-corrected chi connectivity index (χ2v) is 6.02. The highest BCUT2D eigenvalue weighted by Gasteiger charge is 2.38. The van der Waals surface area contributed by atoms with E-state index in [2.05, 4.69) is 10.1 Å². The predicted molar refractivity (Wildman–Crippen MR) is 68.3 cm³/mol. The van der Waals surface area contributed by atoms with Crippen molar-refractivity contribution in [3.8, 4) is 0 Å². The zero-order valence-electron chi connectivity index (χ0n) is 10.4. The number of nitrogens with one attached hydrogen (secondary N) is 1. The van der Waals surface area contributed by atoms with E-state index < -0.39 is 0 Å². The predicted octanol–water partition coefficient (Wildman–Crippen LogP) is 1.19. The van der Waals surface area contributed by atoms with Crippen LogP contribution in [-0.4, -0.2) is 49.4 Å². The molecule has 98 valence electrons. The minimum atomic E-state index is -0.190. The third-order valence-electron chi connectivity index (χ3n) is 3.66. The Hall–Kier alpha value is -0.260. The number of esters is 1. The molecule has 4 nitrogen and oxygen atoms in total. The lowest BCUT2D eigenvalue weighted by molar-refractivity contribution is -0.140. The first-order chi connectivity index (χ1) is 8.24. The molecule has 1 spiro atoms. The van der Waals surface area contributed by atoms with Crippen molar-refractivity contribution < 1.29 is 14.3 Å². The minimum absolute atomic E-state index is 0.0806. The number of hydrogen-bond donors (Lipinski definition) is 1. The molecule has 5 heteroatoms. The summed E-state index contributed by atoms with van der Waals surface area (Å²) in [6.07, 6.45) is 4.32. The largest absolute Gasteiger partial charge is 0.468 e. The summed E-state index contributed by atoms with van der Waals surface area (Å²) in [6, 6.07) is 0.394. The second kappa shape index (κ2) is 6.07. The highest BCUT2D eigenvalue weighted by Crippen LogP contribution is 2.37. The monoisotopic (exact) mass is 259 g/mol. The maximum atomic E-state index is 11.1. The minimum Gasteiger partial charge on any atom is -0.468 e. The Labute approximate surface area is 107 Å². The summed E-state index contributed by atoms with van der Waals surface area (Å²) in [5, 5.41) is 3.28. The molecule has 0 aromatic carbocycles. The van der Waals surface area contributed by atoms with Crippen molar-refractivity contribution in [1.29, 1.82) is 0 Å². The highest BCUT2D eigenvalue weighted by atomic mass is 32.2. The first-order valence-electron chi connectivity index (χ1n) is 6.26. The molecule has 1 unspecified atom stereocenters. The van der Waals surface area contributed by atoms with Crippen LogP contribution in [0.2, 0.25) is 0 Å². The fraction of sp³-hybridized carbons (Fsp3) is 0.917. The van der Waals surface area contributed by atoms with Crippen LogP contribution in [0.5, 0.6) is 0 Å². The van der Waals surface area contributed by atoms with Gasteiger partial charge in [-0.05, 0) is 37.2 Å². The summed E-state index contributed by atoms with van der Waals surface area (Å²) in [4.78, 5) is 11.1. The summed E-state index contributed by atoms with van der Waals surface area (Å²) in [5.41, 5.74) is 0.0806. The van der Waals surface area contributed by atoms with Gasteiger partial charge in [0.15, 0.2) is 0 Å². The maximum absolute atomic E-state index is 11.1. The Bertz CT molecular complexity index is 261. The van der Waals surface area contributed by atoms with E-state index in [1.807, 2.05) is 11.8 Å². The molecule has 0 aliphatic carbocycles. The average molecular weight is 259 g/mol. The second-order valence-electron chi connectivity index (χ2n) is 4.79. The van der Waals surface area contributed by atoms with Gasteiger partial charge in [0, 0.05) is 12.6 Å².